The Morgan fingerprint density at radius 2 is 1.75 bits per heavy atom. The summed E-state index contributed by atoms with van der Waals surface area (Å²) in [5.74, 6) is -0.00563. The summed E-state index contributed by atoms with van der Waals surface area (Å²) < 4.78 is 0. The lowest BCUT2D eigenvalue weighted by Crippen LogP contribution is -2.14. The van der Waals surface area contributed by atoms with Gasteiger partial charge >= 0.3 is 0 Å². The Kier molecular flexibility index (Phi) is 5.00. The van der Waals surface area contributed by atoms with Crippen molar-refractivity contribution in [1.29, 1.82) is 0 Å². The second-order valence-electron chi connectivity index (χ2n) is 4.85. The average Bonchev–Trinajstić information content (AvgIpc) is 2.58. The first kappa shape index (κ1) is 16.7. The fraction of sp³-hybridized carbons (Fsp3) is 0. The van der Waals surface area contributed by atoms with E-state index in [1.807, 2.05) is 0 Å². The minimum atomic E-state index is -0.361. The zero-order chi connectivity index (χ0) is 17.1. The molecule has 0 aliphatic rings. The molecule has 24 heavy (non-hydrogen) atoms. The fourth-order valence-electron chi connectivity index (χ4n) is 2.12. The highest BCUT2D eigenvalue weighted by Gasteiger charge is 2.14. The second-order valence-corrected chi connectivity index (χ2v) is 6.07. The van der Waals surface area contributed by atoms with Gasteiger partial charge in [-0.05, 0) is 29.8 Å². The van der Waals surface area contributed by atoms with Crippen LogP contribution in [0.1, 0.15) is 10.4 Å². The monoisotopic (exact) mass is 377 g/mol. The van der Waals surface area contributed by atoms with E-state index >= 15 is 0 Å². The van der Waals surface area contributed by atoms with Crippen LogP contribution in [0.25, 0.3) is 11.1 Å². The highest BCUT2D eigenvalue weighted by Crippen LogP contribution is 2.31. The van der Waals surface area contributed by atoms with E-state index in [1.165, 1.54) is 6.33 Å². The molecule has 1 amide bonds. The largest absolute Gasteiger partial charge is 0.306 e. The fourth-order valence-corrected chi connectivity index (χ4v) is 2.64. The van der Waals surface area contributed by atoms with Gasteiger partial charge in [0.05, 0.1) is 20.6 Å². The van der Waals surface area contributed by atoms with Crippen molar-refractivity contribution < 1.29 is 4.79 Å². The molecule has 3 rings (SSSR count). The van der Waals surface area contributed by atoms with Crippen molar-refractivity contribution in [2.24, 2.45) is 0 Å². The third-order valence-corrected chi connectivity index (χ3v) is 4.36. The van der Waals surface area contributed by atoms with E-state index in [4.69, 9.17) is 34.8 Å². The second kappa shape index (κ2) is 7.18. The zero-order valence-corrected chi connectivity index (χ0v) is 14.4. The predicted molar refractivity (Wildman–Crippen MR) is 96.9 cm³/mol. The maximum atomic E-state index is 12.4. The highest BCUT2D eigenvalue weighted by atomic mass is 35.5. The minimum Gasteiger partial charge on any atom is -0.306 e. The number of carbonyl (C=O) groups is 1. The number of carbonyl (C=O) groups excluding carboxylic acids is 1. The standard InChI is InChI=1S/C17H10Cl3N3O/c18-13-4-2-1-3-11(13)17(24)23-16-12(8-21-9-22-16)10-5-6-14(19)15(20)7-10/h1-9H,(H,21,22,23,24). The van der Waals surface area contributed by atoms with Gasteiger partial charge in [0.15, 0.2) is 0 Å². The molecule has 1 N–H and O–H groups in total. The molecule has 2 aromatic carbocycles. The van der Waals surface area contributed by atoms with Crippen molar-refractivity contribution in [2.45, 2.75) is 0 Å². The van der Waals surface area contributed by atoms with Gasteiger partial charge in [-0.1, -0.05) is 53.0 Å². The van der Waals surface area contributed by atoms with Gasteiger partial charge in [-0.15, -0.1) is 0 Å². The SMILES string of the molecule is O=C(Nc1ncncc1-c1ccc(Cl)c(Cl)c1)c1ccccc1Cl. The lowest BCUT2D eigenvalue weighted by Gasteiger charge is -2.11. The van der Waals surface area contributed by atoms with E-state index in [9.17, 15) is 4.79 Å². The molecule has 0 unspecified atom stereocenters. The number of nitrogens with zero attached hydrogens (tertiary/aromatic N) is 2. The maximum Gasteiger partial charge on any atom is 0.258 e. The quantitative estimate of drug-likeness (QED) is 0.668. The molecule has 1 aromatic heterocycles. The van der Waals surface area contributed by atoms with Crippen molar-refractivity contribution in [3.05, 3.63) is 75.6 Å². The maximum absolute atomic E-state index is 12.4. The summed E-state index contributed by atoms with van der Waals surface area (Å²) in [5, 5.41) is 3.96. The van der Waals surface area contributed by atoms with Gasteiger partial charge in [0.25, 0.3) is 5.91 Å². The number of aromatic nitrogens is 2. The number of amides is 1. The molecule has 0 atom stereocenters. The number of hydrogen-bond acceptors (Lipinski definition) is 3. The summed E-state index contributed by atoms with van der Waals surface area (Å²) in [5.41, 5.74) is 1.72. The van der Waals surface area contributed by atoms with Crippen molar-refractivity contribution >= 4 is 46.5 Å². The van der Waals surface area contributed by atoms with Crippen molar-refractivity contribution in [1.82, 2.24) is 9.97 Å². The highest BCUT2D eigenvalue weighted by molar-refractivity contribution is 6.42. The van der Waals surface area contributed by atoms with Crippen LogP contribution >= 0.6 is 34.8 Å². The third-order valence-electron chi connectivity index (χ3n) is 3.29. The molecular weight excluding hydrogens is 369 g/mol. The van der Waals surface area contributed by atoms with Crippen LogP contribution in [0.4, 0.5) is 5.82 Å². The van der Waals surface area contributed by atoms with E-state index < -0.39 is 0 Å². The average molecular weight is 379 g/mol. The van der Waals surface area contributed by atoms with Crippen molar-refractivity contribution in [2.75, 3.05) is 5.32 Å². The summed E-state index contributed by atoms with van der Waals surface area (Å²) in [7, 11) is 0. The predicted octanol–water partition coefficient (Wildman–Crippen LogP) is 5.36. The van der Waals surface area contributed by atoms with Crippen LogP contribution in [0, 0.1) is 0 Å². The Morgan fingerprint density at radius 3 is 2.50 bits per heavy atom. The van der Waals surface area contributed by atoms with Crippen LogP contribution in [-0.4, -0.2) is 15.9 Å². The first-order valence-corrected chi connectivity index (χ1v) is 8.01. The molecule has 0 spiro atoms. The third kappa shape index (κ3) is 3.51. The topological polar surface area (TPSA) is 54.9 Å². The number of benzene rings is 2. The number of nitrogens with one attached hydrogen (secondary N) is 1. The van der Waals surface area contributed by atoms with Crippen LogP contribution in [0.15, 0.2) is 55.0 Å². The zero-order valence-electron chi connectivity index (χ0n) is 12.1. The molecular formula is C17H10Cl3N3O. The van der Waals surface area contributed by atoms with Gasteiger partial charge in [-0.3, -0.25) is 4.79 Å². The first-order chi connectivity index (χ1) is 11.6. The van der Waals surface area contributed by atoms with Crippen molar-refractivity contribution in [3.8, 4) is 11.1 Å². The number of halogens is 3. The number of anilines is 1. The summed E-state index contributed by atoms with van der Waals surface area (Å²) in [4.78, 5) is 20.6. The van der Waals surface area contributed by atoms with Crippen LogP contribution < -0.4 is 5.32 Å². The summed E-state index contributed by atoms with van der Waals surface area (Å²) >= 11 is 18.1. The Labute approximate surface area is 153 Å². The van der Waals surface area contributed by atoms with Gasteiger partial charge in [-0.25, -0.2) is 9.97 Å². The Balaban J connectivity index is 1.96. The van der Waals surface area contributed by atoms with Gasteiger partial charge in [-0.2, -0.15) is 0 Å². The molecule has 0 saturated carbocycles. The van der Waals surface area contributed by atoms with Gasteiger partial charge in [0.1, 0.15) is 12.1 Å². The summed E-state index contributed by atoms with van der Waals surface area (Å²) in [6.45, 7) is 0. The van der Waals surface area contributed by atoms with E-state index in [-0.39, 0.29) is 5.91 Å². The Morgan fingerprint density at radius 1 is 0.958 bits per heavy atom. The van der Waals surface area contributed by atoms with E-state index in [2.05, 4.69) is 15.3 Å². The van der Waals surface area contributed by atoms with Gasteiger partial charge in [0.2, 0.25) is 0 Å². The van der Waals surface area contributed by atoms with Crippen LogP contribution in [-0.2, 0) is 0 Å². The van der Waals surface area contributed by atoms with Crippen LogP contribution in [0.3, 0.4) is 0 Å². The molecule has 0 bridgehead atoms. The van der Waals surface area contributed by atoms with Crippen LogP contribution in [0.2, 0.25) is 15.1 Å². The van der Waals surface area contributed by atoms with E-state index in [1.54, 1.807) is 48.7 Å². The smallest absolute Gasteiger partial charge is 0.258 e. The Hall–Kier alpha value is -2.14. The molecule has 1 heterocycles. The number of rotatable bonds is 3. The van der Waals surface area contributed by atoms with E-state index in [0.717, 1.165) is 5.56 Å². The molecule has 0 aliphatic heterocycles. The van der Waals surface area contributed by atoms with Crippen LogP contribution in [0.5, 0.6) is 0 Å². The molecule has 7 heteroatoms. The first-order valence-electron chi connectivity index (χ1n) is 6.87. The molecule has 0 fully saturated rings. The molecule has 120 valence electrons. The Bertz CT molecular complexity index is 915. The van der Waals surface area contributed by atoms with Gasteiger partial charge in [0, 0.05) is 11.8 Å². The lowest BCUT2D eigenvalue weighted by atomic mass is 10.1. The molecule has 0 aliphatic carbocycles. The molecule has 0 saturated heterocycles. The normalized spacial score (nSPS) is 10.5. The summed E-state index contributed by atoms with van der Waals surface area (Å²) in [6.07, 6.45) is 2.94. The molecule has 0 radical (unpaired) electrons. The van der Waals surface area contributed by atoms with Crippen molar-refractivity contribution in [3.63, 3.8) is 0 Å². The number of hydrogen-bond donors (Lipinski definition) is 1. The lowest BCUT2D eigenvalue weighted by molar-refractivity contribution is 0.102. The summed E-state index contributed by atoms with van der Waals surface area (Å²) in [6, 6.07) is 11.9. The van der Waals surface area contributed by atoms with E-state index in [0.29, 0.717) is 32.0 Å². The van der Waals surface area contributed by atoms with Gasteiger partial charge < -0.3 is 5.32 Å². The minimum absolute atomic E-state index is 0.355. The molecule has 3 aromatic rings. The molecule has 4 nitrogen and oxygen atoms in total.